The summed E-state index contributed by atoms with van der Waals surface area (Å²) in [5.74, 6) is -0.883. The highest BCUT2D eigenvalue weighted by molar-refractivity contribution is 5.97. The van der Waals surface area contributed by atoms with Crippen molar-refractivity contribution in [3.05, 3.63) is 35.9 Å². The highest BCUT2D eigenvalue weighted by atomic mass is 16.5. The topological polar surface area (TPSA) is 131 Å². The molecule has 9 nitrogen and oxygen atoms in total. The first-order chi connectivity index (χ1) is 16.9. The van der Waals surface area contributed by atoms with Gasteiger partial charge in [-0.25, -0.2) is 0 Å². The molecule has 0 aliphatic carbocycles. The van der Waals surface area contributed by atoms with Gasteiger partial charge in [-0.15, -0.1) is 0 Å². The van der Waals surface area contributed by atoms with Gasteiger partial charge in [0.2, 0.25) is 5.91 Å². The third-order valence-electron chi connectivity index (χ3n) is 6.63. The van der Waals surface area contributed by atoms with E-state index in [0.29, 0.717) is 26.1 Å². The fraction of sp³-hybridized carbons (Fsp3) is 0.630. The van der Waals surface area contributed by atoms with Gasteiger partial charge in [0.05, 0.1) is 23.2 Å². The molecule has 1 saturated heterocycles. The van der Waals surface area contributed by atoms with Crippen LogP contribution in [0.4, 0.5) is 0 Å². The number of nitrogens with one attached hydrogen (secondary N) is 2. The predicted molar refractivity (Wildman–Crippen MR) is 138 cm³/mol. The van der Waals surface area contributed by atoms with Gasteiger partial charge in [0.15, 0.2) is 11.6 Å². The second-order valence-corrected chi connectivity index (χ2v) is 10.4. The first-order valence-electron chi connectivity index (χ1n) is 12.7. The normalized spacial score (nSPS) is 17.1. The zero-order valence-electron chi connectivity index (χ0n) is 22.3. The van der Waals surface area contributed by atoms with Crippen LogP contribution >= 0.6 is 0 Å². The Morgan fingerprint density at radius 2 is 1.78 bits per heavy atom. The highest BCUT2D eigenvalue weighted by Gasteiger charge is 2.43. The van der Waals surface area contributed by atoms with Crippen molar-refractivity contribution < 1.29 is 23.9 Å². The maximum atomic E-state index is 13.6. The van der Waals surface area contributed by atoms with Gasteiger partial charge >= 0.3 is 5.97 Å². The average molecular weight is 503 g/mol. The van der Waals surface area contributed by atoms with E-state index in [0.717, 1.165) is 12.0 Å². The molecule has 2 atom stereocenters. The molecule has 200 valence electrons. The summed E-state index contributed by atoms with van der Waals surface area (Å²) in [4.78, 5) is 53.1. The van der Waals surface area contributed by atoms with Gasteiger partial charge in [0, 0.05) is 33.0 Å². The minimum atomic E-state index is -1.10. The highest BCUT2D eigenvalue weighted by Crippen LogP contribution is 2.24. The quantitative estimate of drug-likeness (QED) is 0.328. The van der Waals surface area contributed by atoms with E-state index in [-0.39, 0.29) is 36.9 Å². The summed E-state index contributed by atoms with van der Waals surface area (Å²) in [6, 6.07) is 8.05. The Balaban J connectivity index is 2.13. The molecule has 1 fully saturated rings. The van der Waals surface area contributed by atoms with E-state index in [4.69, 9.17) is 10.5 Å². The monoisotopic (exact) mass is 502 g/mol. The van der Waals surface area contributed by atoms with Crippen LogP contribution in [0.2, 0.25) is 0 Å². The molecular formula is C27H42N4O5. The van der Waals surface area contributed by atoms with Gasteiger partial charge in [-0.3, -0.25) is 24.5 Å². The number of esters is 1. The molecule has 0 aromatic heterocycles. The van der Waals surface area contributed by atoms with Crippen LogP contribution in [-0.2, 0) is 30.5 Å². The number of benzene rings is 1. The van der Waals surface area contributed by atoms with Crippen molar-refractivity contribution >= 4 is 23.4 Å². The lowest BCUT2D eigenvalue weighted by Gasteiger charge is -2.37. The SMILES string of the molecule is CC(=O)N1CCCC1C(=O)C(C)(C)NC(CCC(=O)OCc1ccccc1)C(=O)C(C)(C)NCCN. The van der Waals surface area contributed by atoms with Crippen molar-refractivity contribution in [2.45, 2.75) is 90.1 Å². The number of hydrogen-bond acceptors (Lipinski definition) is 8. The molecule has 4 N–H and O–H groups in total. The molecule has 2 unspecified atom stereocenters. The number of rotatable bonds is 14. The van der Waals surface area contributed by atoms with E-state index in [1.807, 2.05) is 30.3 Å². The molecule has 1 heterocycles. The molecule has 1 aliphatic rings. The van der Waals surface area contributed by atoms with Crippen LogP contribution in [0.1, 0.15) is 65.9 Å². The number of carbonyl (C=O) groups excluding carboxylic acids is 4. The van der Waals surface area contributed by atoms with Crippen LogP contribution in [0.5, 0.6) is 0 Å². The minimum absolute atomic E-state index is 0.0104. The number of hydrogen-bond donors (Lipinski definition) is 3. The van der Waals surface area contributed by atoms with E-state index in [1.165, 1.54) is 6.92 Å². The number of carbonyl (C=O) groups is 4. The number of ether oxygens (including phenoxy) is 1. The number of amides is 1. The van der Waals surface area contributed by atoms with Crippen molar-refractivity contribution in [3.8, 4) is 0 Å². The number of nitrogens with zero attached hydrogens (tertiary/aromatic N) is 1. The fourth-order valence-electron chi connectivity index (χ4n) is 4.59. The molecule has 1 aliphatic heterocycles. The molecule has 36 heavy (non-hydrogen) atoms. The Morgan fingerprint density at radius 3 is 2.39 bits per heavy atom. The Morgan fingerprint density at radius 1 is 1.11 bits per heavy atom. The number of Topliss-reactive ketones (excluding diaryl/α,β-unsaturated/α-hetero) is 2. The third-order valence-corrected chi connectivity index (χ3v) is 6.63. The van der Waals surface area contributed by atoms with E-state index in [2.05, 4.69) is 10.6 Å². The Labute approximate surface area is 214 Å². The summed E-state index contributed by atoms with van der Waals surface area (Å²) >= 11 is 0. The molecule has 1 aromatic carbocycles. The lowest BCUT2D eigenvalue weighted by Crippen LogP contribution is -2.63. The van der Waals surface area contributed by atoms with Gasteiger partial charge in [-0.05, 0) is 52.5 Å². The summed E-state index contributed by atoms with van der Waals surface area (Å²) in [6.07, 6.45) is 1.53. The molecular weight excluding hydrogens is 460 g/mol. The molecule has 0 radical (unpaired) electrons. The van der Waals surface area contributed by atoms with E-state index in [9.17, 15) is 19.2 Å². The van der Waals surface area contributed by atoms with Gasteiger partial charge in [-0.2, -0.15) is 0 Å². The van der Waals surface area contributed by atoms with Gasteiger partial charge in [0.1, 0.15) is 6.61 Å². The van der Waals surface area contributed by atoms with E-state index < -0.39 is 29.1 Å². The molecule has 1 amide bonds. The minimum Gasteiger partial charge on any atom is -0.461 e. The molecule has 0 saturated carbocycles. The maximum Gasteiger partial charge on any atom is 0.306 e. The first kappa shape index (κ1) is 29.6. The van der Waals surface area contributed by atoms with Crippen LogP contribution in [-0.4, -0.2) is 71.1 Å². The zero-order valence-corrected chi connectivity index (χ0v) is 22.3. The molecule has 0 bridgehead atoms. The van der Waals surface area contributed by atoms with Crippen molar-refractivity contribution in [1.29, 1.82) is 0 Å². The smallest absolute Gasteiger partial charge is 0.306 e. The standard InChI is InChI=1S/C27H42N4O5/c1-19(32)31-17-9-12-22(31)25(35)27(4,5)30-21(24(34)26(2,3)29-16-15-28)13-14-23(33)36-18-20-10-7-6-8-11-20/h6-8,10-11,21-22,29-30H,9,12-18,28H2,1-5H3. The number of nitrogens with two attached hydrogens (primary N) is 1. The van der Waals surface area contributed by atoms with Gasteiger partial charge < -0.3 is 20.7 Å². The Hall–Kier alpha value is -2.62. The third kappa shape index (κ3) is 8.21. The lowest BCUT2D eigenvalue weighted by molar-refractivity contribution is -0.145. The molecule has 9 heteroatoms. The molecule has 2 rings (SSSR count). The van der Waals surface area contributed by atoms with Crippen molar-refractivity contribution in [2.24, 2.45) is 5.73 Å². The van der Waals surface area contributed by atoms with Crippen molar-refractivity contribution in [1.82, 2.24) is 15.5 Å². The van der Waals surface area contributed by atoms with Crippen molar-refractivity contribution in [2.75, 3.05) is 19.6 Å². The predicted octanol–water partition coefficient (Wildman–Crippen LogP) is 1.72. The van der Waals surface area contributed by atoms with E-state index in [1.54, 1.807) is 32.6 Å². The first-order valence-corrected chi connectivity index (χ1v) is 12.7. The molecule has 0 spiro atoms. The summed E-state index contributed by atoms with van der Waals surface area (Å²) in [5, 5.41) is 6.37. The molecule has 1 aromatic rings. The van der Waals surface area contributed by atoms with Crippen LogP contribution in [0.25, 0.3) is 0 Å². The summed E-state index contributed by atoms with van der Waals surface area (Å²) in [6.45, 7) is 9.95. The number of likely N-dealkylation sites (tertiary alicyclic amines) is 1. The Bertz CT molecular complexity index is 916. The summed E-state index contributed by atoms with van der Waals surface area (Å²) < 4.78 is 5.39. The lowest BCUT2D eigenvalue weighted by atomic mass is 9.86. The van der Waals surface area contributed by atoms with Crippen LogP contribution in [0.3, 0.4) is 0 Å². The zero-order chi connectivity index (χ0) is 26.9. The largest absolute Gasteiger partial charge is 0.461 e. The second-order valence-electron chi connectivity index (χ2n) is 10.4. The van der Waals surface area contributed by atoms with Crippen LogP contribution in [0, 0.1) is 0 Å². The second kappa shape index (κ2) is 13.1. The fourth-order valence-corrected chi connectivity index (χ4v) is 4.59. The summed E-state index contributed by atoms with van der Waals surface area (Å²) in [7, 11) is 0. The number of ketones is 2. The van der Waals surface area contributed by atoms with Crippen molar-refractivity contribution in [3.63, 3.8) is 0 Å². The Kier molecular flexibility index (Phi) is 10.8. The van der Waals surface area contributed by atoms with Crippen LogP contribution < -0.4 is 16.4 Å². The van der Waals surface area contributed by atoms with Gasteiger partial charge in [0.25, 0.3) is 0 Å². The summed E-state index contributed by atoms with van der Waals surface area (Å²) in [5.41, 5.74) is 4.47. The maximum absolute atomic E-state index is 13.6. The average Bonchev–Trinajstić information content (AvgIpc) is 3.34. The van der Waals surface area contributed by atoms with Crippen LogP contribution in [0.15, 0.2) is 30.3 Å². The van der Waals surface area contributed by atoms with E-state index >= 15 is 0 Å². The van der Waals surface area contributed by atoms with Gasteiger partial charge in [-0.1, -0.05) is 30.3 Å².